The highest BCUT2D eigenvalue weighted by molar-refractivity contribution is 5.89. The molecule has 1 aromatic rings. The number of non-ortho nitro benzene ring substituents is 1. The highest BCUT2D eigenvalue weighted by Gasteiger charge is 2.68. The molecule has 1 aromatic carbocycles. The average molecular weight is 385 g/mol. The summed E-state index contributed by atoms with van der Waals surface area (Å²) in [5.41, 5.74) is -0.707. The van der Waals surface area contributed by atoms with E-state index in [1.165, 1.54) is 24.3 Å². The number of ether oxygens (including phenoxy) is 2. The molecular weight excluding hydrogens is 358 g/mol. The monoisotopic (exact) mass is 385 g/mol. The molecule has 0 N–H and O–H groups in total. The van der Waals surface area contributed by atoms with Gasteiger partial charge in [0, 0.05) is 12.1 Å². The van der Waals surface area contributed by atoms with E-state index in [0.717, 1.165) is 19.3 Å². The minimum Gasteiger partial charge on any atom is -0.458 e. The number of nitro benzene ring substituents is 1. The second-order valence-corrected chi connectivity index (χ2v) is 9.25. The molecule has 150 valence electrons. The largest absolute Gasteiger partial charge is 0.458 e. The Morgan fingerprint density at radius 3 is 2.57 bits per heavy atom. The first-order valence-electron chi connectivity index (χ1n) is 9.92. The fourth-order valence-corrected chi connectivity index (χ4v) is 5.55. The maximum absolute atomic E-state index is 12.8. The Kier molecular flexibility index (Phi) is 4.20. The maximum atomic E-state index is 12.8. The van der Waals surface area contributed by atoms with Crippen LogP contribution >= 0.6 is 0 Å². The van der Waals surface area contributed by atoms with Crippen LogP contribution in [0.2, 0.25) is 0 Å². The van der Waals surface area contributed by atoms with Crippen LogP contribution in [0.5, 0.6) is 0 Å². The number of allylic oxidation sites excluding steroid dienone is 1. The summed E-state index contributed by atoms with van der Waals surface area (Å²) in [6, 6.07) is 5.57. The topological polar surface area (TPSA) is 78.7 Å². The molecule has 2 fully saturated rings. The predicted octanol–water partition coefficient (Wildman–Crippen LogP) is 4.68. The van der Waals surface area contributed by atoms with Gasteiger partial charge in [0.2, 0.25) is 0 Å². The summed E-state index contributed by atoms with van der Waals surface area (Å²) in [5, 5.41) is 10.8. The molecule has 1 saturated heterocycles. The van der Waals surface area contributed by atoms with Crippen molar-refractivity contribution in [2.24, 2.45) is 17.3 Å². The Morgan fingerprint density at radius 1 is 1.25 bits per heavy atom. The number of hydrogen-bond acceptors (Lipinski definition) is 5. The van der Waals surface area contributed by atoms with Gasteiger partial charge in [0.1, 0.15) is 6.10 Å². The zero-order valence-corrected chi connectivity index (χ0v) is 16.8. The van der Waals surface area contributed by atoms with Crippen molar-refractivity contribution in [3.8, 4) is 0 Å². The van der Waals surface area contributed by atoms with Crippen molar-refractivity contribution >= 4 is 11.7 Å². The summed E-state index contributed by atoms with van der Waals surface area (Å²) in [7, 11) is 0. The molecule has 1 heterocycles. The summed E-state index contributed by atoms with van der Waals surface area (Å²) in [5.74, 6) is 0.221. The highest BCUT2D eigenvalue weighted by Crippen LogP contribution is 2.64. The van der Waals surface area contributed by atoms with Crippen molar-refractivity contribution < 1.29 is 19.2 Å². The van der Waals surface area contributed by atoms with E-state index < -0.39 is 16.3 Å². The van der Waals surface area contributed by atoms with Gasteiger partial charge in [-0.1, -0.05) is 19.1 Å². The van der Waals surface area contributed by atoms with Crippen molar-refractivity contribution in [3.05, 3.63) is 52.1 Å². The van der Waals surface area contributed by atoms with E-state index in [9.17, 15) is 14.9 Å². The van der Waals surface area contributed by atoms with Gasteiger partial charge in [0.15, 0.2) is 0 Å². The number of carbonyl (C=O) groups excluding carboxylic acids is 1. The van der Waals surface area contributed by atoms with E-state index in [-0.39, 0.29) is 23.0 Å². The minimum absolute atomic E-state index is 0.0441. The standard InChI is InChI=1S/C22H27NO5/c1-14-6-5-11-21(4)18(12-16-13-22(14,21)28-20(16,2)3)27-19(24)15-7-9-17(10-8-15)23(25)26/h5,7-11,14,16,18H,6,12-13H2,1-4H3/t14-,16-,18+,21+,22+/m1/s1. The highest BCUT2D eigenvalue weighted by atomic mass is 16.6. The molecule has 2 bridgehead atoms. The number of carbonyl (C=O) groups is 1. The number of fused-ring (bicyclic) bond motifs is 1. The number of nitrogens with zero attached hydrogens (tertiary/aromatic N) is 1. The van der Waals surface area contributed by atoms with Gasteiger partial charge in [0.05, 0.1) is 27.1 Å². The number of benzene rings is 1. The Labute approximate surface area is 165 Å². The third-order valence-corrected chi connectivity index (χ3v) is 7.37. The van der Waals surface area contributed by atoms with Crippen molar-refractivity contribution in [2.75, 3.05) is 0 Å². The summed E-state index contributed by atoms with van der Waals surface area (Å²) >= 11 is 0. The van der Waals surface area contributed by atoms with Gasteiger partial charge >= 0.3 is 5.97 Å². The van der Waals surface area contributed by atoms with Gasteiger partial charge in [-0.2, -0.15) is 0 Å². The molecule has 6 nitrogen and oxygen atoms in total. The third kappa shape index (κ3) is 2.61. The van der Waals surface area contributed by atoms with Gasteiger partial charge in [-0.3, -0.25) is 10.1 Å². The Morgan fingerprint density at radius 2 is 1.93 bits per heavy atom. The number of hydrogen-bond donors (Lipinski definition) is 0. The quantitative estimate of drug-likeness (QED) is 0.327. The van der Waals surface area contributed by atoms with Gasteiger partial charge < -0.3 is 9.47 Å². The van der Waals surface area contributed by atoms with Crippen LogP contribution in [0, 0.1) is 27.4 Å². The first kappa shape index (κ1) is 19.1. The van der Waals surface area contributed by atoms with E-state index in [2.05, 4.69) is 39.8 Å². The van der Waals surface area contributed by atoms with Crippen molar-refractivity contribution in [3.63, 3.8) is 0 Å². The molecule has 28 heavy (non-hydrogen) atoms. The molecule has 5 atom stereocenters. The minimum atomic E-state index is -0.480. The summed E-state index contributed by atoms with van der Waals surface area (Å²) in [6.07, 6.45) is 6.75. The lowest BCUT2D eigenvalue weighted by Gasteiger charge is -2.55. The van der Waals surface area contributed by atoms with E-state index in [1.807, 2.05) is 0 Å². The molecule has 1 aliphatic heterocycles. The molecule has 3 aliphatic rings. The number of nitro groups is 1. The average Bonchev–Trinajstić information content (AvgIpc) is 2.88. The van der Waals surface area contributed by atoms with Crippen LogP contribution in [-0.4, -0.2) is 28.2 Å². The van der Waals surface area contributed by atoms with E-state index >= 15 is 0 Å². The lowest BCUT2D eigenvalue weighted by molar-refractivity contribution is -0.384. The Hall–Kier alpha value is -2.21. The fourth-order valence-electron chi connectivity index (χ4n) is 5.55. The molecule has 6 heteroatoms. The van der Waals surface area contributed by atoms with Crippen LogP contribution in [0.4, 0.5) is 5.69 Å². The molecule has 1 spiro atoms. The van der Waals surface area contributed by atoms with Crippen molar-refractivity contribution in [2.45, 2.75) is 64.3 Å². The zero-order valence-electron chi connectivity index (χ0n) is 16.8. The van der Waals surface area contributed by atoms with Crippen LogP contribution in [0.15, 0.2) is 36.4 Å². The predicted molar refractivity (Wildman–Crippen MR) is 104 cm³/mol. The summed E-state index contributed by atoms with van der Waals surface area (Å²) < 4.78 is 12.7. The van der Waals surface area contributed by atoms with Gasteiger partial charge in [-0.05, 0) is 64.0 Å². The van der Waals surface area contributed by atoms with E-state index in [4.69, 9.17) is 9.47 Å². The summed E-state index contributed by atoms with van der Waals surface area (Å²) in [6.45, 7) is 8.64. The lowest BCUT2D eigenvalue weighted by atomic mass is 9.54. The van der Waals surface area contributed by atoms with E-state index in [1.54, 1.807) is 0 Å². The van der Waals surface area contributed by atoms with Crippen molar-refractivity contribution in [1.29, 1.82) is 0 Å². The van der Waals surface area contributed by atoms with Gasteiger partial charge in [0.25, 0.3) is 5.69 Å². The van der Waals surface area contributed by atoms with Crippen LogP contribution < -0.4 is 0 Å². The molecule has 4 rings (SSSR count). The van der Waals surface area contributed by atoms with Crippen LogP contribution in [0.1, 0.15) is 57.3 Å². The SMILES string of the molecule is C[C@@H]1CC=C[C@@]2(C)[C@@H](OC(=O)c3ccc([N+](=O)[O-])cc3)C[C@@H]3C[C@]12OC3(C)C. The first-order chi connectivity index (χ1) is 13.1. The van der Waals surface area contributed by atoms with Crippen LogP contribution in [0.25, 0.3) is 0 Å². The molecule has 2 aliphatic carbocycles. The summed E-state index contributed by atoms with van der Waals surface area (Å²) in [4.78, 5) is 23.2. The molecule has 0 aromatic heterocycles. The third-order valence-electron chi connectivity index (χ3n) is 7.37. The number of rotatable bonds is 3. The molecular formula is C22H27NO5. The smallest absolute Gasteiger partial charge is 0.338 e. The van der Waals surface area contributed by atoms with E-state index in [0.29, 0.717) is 17.4 Å². The first-order valence-corrected chi connectivity index (χ1v) is 9.92. The van der Waals surface area contributed by atoms with Crippen LogP contribution in [0.3, 0.4) is 0 Å². The van der Waals surface area contributed by atoms with Crippen molar-refractivity contribution in [1.82, 2.24) is 0 Å². The Bertz CT molecular complexity index is 845. The lowest BCUT2D eigenvalue weighted by Crippen LogP contribution is -2.60. The normalized spacial score (nSPS) is 37.9. The van der Waals surface area contributed by atoms with Gasteiger partial charge in [-0.25, -0.2) is 4.79 Å². The second kappa shape index (κ2) is 6.14. The molecule has 0 amide bonds. The molecule has 1 saturated carbocycles. The molecule has 0 radical (unpaired) electrons. The molecule has 0 unspecified atom stereocenters. The fraction of sp³-hybridized carbons (Fsp3) is 0.591. The van der Waals surface area contributed by atoms with Gasteiger partial charge in [-0.15, -0.1) is 0 Å². The Balaban J connectivity index is 1.64. The van der Waals surface area contributed by atoms with Crippen LogP contribution in [-0.2, 0) is 9.47 Å². The second-order valence-electron chi connectivity index (χ2n) is 9.25. The number of esters is 1. The maximum Gasteiger partial charge on any atom is 0.338 e. The zero-order chi connectivity index (χ0) is 20.3.